The van der Waals surface area contributed by atoms with Gasteiger partial charge in [-0.1, -0.05) is 41.9 Å². The summed E-state index contributed by atoms with van der Waals surface area (Å²) >= 11 is 6.49. The average molecular weight is 617 g/mol. The van der Waals surface area contributed by atoms with Gasteiger partial charge in [0, 0.05) is 41.9 Å². The first kappa shape index (κ1) is 30.5. The number of aromatic nitrogens is 1. The Morgan fingerprint density at radius 1 is 1.21 bits per heavy atom. The average Bonchev–Trinajstić information content (AvgIpc) is 3.59. The Labute approximate surface area is 252 Å². The number of hydrogen-bond donors (Lipinski definition) is 2. The summed E-state index contributed by atoms with van der Waals surface area (Å²) in [6, 6.07) is 9.59. The number of pyridine rings is 1. The van der Waals surface area contributed by atoms with Crippen LogP contribution in [0.2, 0.25) is 5.02 Å². The predicted molar refractivity (Wildman–Crippen MR) is 153 cm³/mol. The molecule has 43 heavy (non-hydrogen) atoms. The molecule has 2 aromatic carbocycles. The fourth-order valence-corrected chi connectivity index (χ4v) is 6.10. The highest BCUT2D eigenvalue weighted by Crippen LogP contribution is 2.53. The summed E-state index contributed by atoms with van der Waals surface area (Å²) in [5.74, 6) is -4.22. The van der Waals surface area contributed by atoms with E-state index in [0.717, 1.165) is 12.3 Å². The van der Waals surface area contributed by atoms with Gasteiger partial charge >= 0.3 is 12.1 Å². The molecule has 2 N–H and O–H groups in total. The van der Waals surface area contributed by atoms with Crippen molar-refractivity contribution in [2.75, 3.05) is 19.8 Å². The molecule has 1 saturated heterocycles. The van der Waals surface area contributed by atoms with Crippen LogP contribution in [0.5, 0.6) is 11.6 Å². The molecule has 1 amide bonds. The molecule has 0 bridgehead atoms. The number of rotatable bonds is 7. The third-order valence-corrected chi connectivity index (χ3v) is 7.87. The largest absolute Gasteiger partial charge is 0.480 e. The van der Waals surface area contributed by atoms with Crippen molar-refractivity contribution in [1.29, 1.82) is 0 Å². The summed E-state index contributed by atoms with van der Waals surface area (Å²) in [4.78, 5) is 31.0. The van der Waals surface area contributed by atoms with E-state index in [1.165, 1.54) is 0 Å². The molecule has 1 fully saturated rings. The fourth-order valence-electron chi connectivity index (χ4n) is 5.83. The van der Waals surface area contributed by atoms with Crippen LogP contribution >= 0.6 is 11.6 Å². The Morgan fingerprint density at radius 3 is 2.58 bits per heavy atom. The SMILES string of the molecule is CC(C)(C)OC(=O)N1CCC[C@H]1C1(c2ccccc2)Cc2c(cc(F)c(Cl)c2-c2c(C(=O)O)cnc(OCCO)c2F)O1. The number of amides is 1. The molecule has 3 heterocycles. The van der Waals surface area contributed by atoms with Crippen LogP contribution in [0.25, 0.3) is 11.1 Å². The van der Waals surface area contributed by atoms with Crippen molar-refractivity contribution in [3.63, 3.8) is 0 Å². The number of carbonyl (C=O) groups is 2. The van der Waals surface area contributed by atoms with Crippen LogP contribution in [0.1, 0.15) is 55.1 Å². The number of nitrogens with zero attached hydrogens (tertiary/aromatic N) is 2. The van der Waals surface area contributed by atoms with Gasteiger partial charge in [-0.2, -0.15) is 0 Å². The number of aromatic carboxylic acids is 1. The first-order valence-electron chi connectivity index (χ1n) is 13.8. The van der Waals surface area contributed by atoms with Crippen LogP contribution in [-0.2, 0) is 16.8 Å². The number of hydrogen-bond acceptors (Lipinski definition) is 7. The van der Waals surface area contributed by atoms with E-state index in [-0.39, 0.29) is 29.9 Å². The molecule has 3 aromatic rings. The minimum Gasteiger partial charge on any atom is -0.480 e. The summed E-state index contributed by atoms with van der Waals surface area (Å²) < 4.78 is 49.0. The quantitative estimate of drug-likeness (QED) is 0.333. The molecule has 0 spiro atoms. The molecular weight excluding hydrogens is 586 g/mol. The number of carboxylic acids is 1. The highest BCUT2D eigenvalue weighted by molar-refractivity contribution is 6.34. The molecule has 2 aliphatic heterocycles. The number of carbonyl (C=O) groups excluding carboxylic acids is 1. The van der Waals surface area contributed by atoms with E-state index >= 15 is 8.78 Å². The van der Waals surface area contributed by atoms with Crippen molar-refractivity contribution in [2.45, 2.75) is 57.3 Å². The van der Waals surface area contributed by atoms with Crippen molar-refractivity contribution in [3.05, 3.63) is 75.9 Å². The number of ether oxygens (including phenoxy) is 3. The van der Waals surface area contributed by atoms with E-state index in [4.69, 9.17) is 30.9 Å². The van der Waals surface area contributed by atoms with Crippen LogP contribution in [0.3, 0.4) is 0 Å². The Kier molecular flexibility index (Phi) is 8.24. The second-order valence-electron chi connectivity index (χ2n) is 11.4. The van der Waals surface area contributed by atoms with Gasteiger partial charge in [-0.05, 0) is 39.2 Å². The zero-order valence-electron chi connectivity index (χ0n) is 23.8. The molecule has 228 valence electrons. The molecule has 0 aliphatic carbocycles. The standard InChI is InChI=1S/C31H31ClF2N2O7/c1-30(2,3)43-29(40)36-11-7-10-22(36)31(17-8-5-4-6-9-17)15-18-21(42-31)14-20(33)25(32)23(18)24-19(28(38)39)16-35-27(26(24)34)41-13-12-37/h4-6,8-9,14,16,22,37H,7,10-13,15H2,1-3H3,(H,38,39)/t22-,31?/m0/s1. The third kappa shape index (κ3) is 5.59. The number of carboxylic acid groups (broad SMARTS) is 1. The van der Waals surface area contributed by atoms with Crippen molar-refractivity contribution in [2.24, 2.45) is 0 Å². The molecule has 0 saturated carbocycles. The lowest BCUT2D eigenvalue weighted by atomic mass is 9.80. The number of halogens is 3. The zero-order valence-corrected chi connectivity index (χ0v) is 24.6. The topological polar surface area (TPSA) is 118 Å². The van der Waals surface area contributed by atoms with Crippen molar-refractivity contribution in [1.82, 2.24) is 9.88 Å². The van der Waals surface area contributed by atoms with E-state index < -0.39 is 69.6 Å². The van der Waals surface area contributed by atoms with E-state index in [1.807, 2.05) is 18.2 Å². The van der Waals surface area contributed by atoms with E-state index in [2.05, 4.69) is 4.98 Å². The minimum absolute atomic E-state index is 0.000698. The second-order valence-corrected chi connectivity index (χ2v) is 11.8. The summed E-state index contributed by atoms with van der Waals surface area (Å²) in [5, 5.41) is 18.6. The molecule has 5 rings (SSSR count). The monoisotopic (exact) mass is 616 g/mol. The van der Waals surface area contributed by atoms with Crippen LogP contribution in [-0.4, -0.2) is 63.6 Å². The Balaban J connectivity index is 1.71. The smallest absolute Gasteiger partial charge is 0.410 e. The van der Waals surface area contributed by atoms with Crippen LogP contribution in [0.15, 0.2) is 42.6 Å². The van der Waals surface area contributed by atoms with Crippen molar-refractivity contribution < 1.29 is 42.8 Å². The van der Waals surface area contributed by atoms with Gasteiger partial charge in [0.15, 0.2) is 11.4 Å². The van der Waals surface area contributed by atoms with E-state index in [1.54, 1.807) is 37.8 Å². The zero-order chi connectivity index (χ0) is 31.1. The maximum Gasteiger partial charge on any atom is 0.410 e. The van der Waals surface area contributed by atoms with Gasteiger partial charge in [0.2, 0.25) is 0 Å². The van der Waals surface area contributed by atoms with E-state index in [9.17, 15) is 14.7 Å². The van der Waals surface area contributed by atoms with Crippen molar-refractivity contribution >= 4 is 23.7 Å². The minimum atomic E-state index is -1.52. The number of likely N-dealkylation sites (tertiary alicyclic amines) is 1. The second kappa shape index (κ2) is 11.6. The maximum atomic E-state index is 16.0. The maximum absolute atomic E-state index is 16.0. The highest BCUT2D eigenvalue weighted by Gasteiger charge is 2.54. The van der Waals surface area contributed by atoms with Crippen molar-refractivity contribution in [3.8, 4) is 22.8 Å². The molecule has 0 radical (unpaired) electrons. The van der Waals surface area contributed by atoms with Crippen LogP contribution in [0, 0.1) is 11.6 Å². The lowest BCUT2D eigenvalue weighted by Gasteiger charge is -2.40. The van der Waals surface area contributed by atoms with Crippen LogP contribution < -0.4 is 9.47 Å². The molecule has 1 aromatic heterocycles. The predicted octanol–water partition coefficient (Wildman–Crippen LogP) is 5.98. The molecule has 12 heteroatoms. The Hall–Kier alpha value is -3.96. The summed E-state index contributed by atoms with van der Waals surface area (Å²) in [7, 11) is 0. The van der Waals surface area contributed by atoms with Gasteiger partial charge in [-0.25, -0.2) is 23.4 Å². The third-order valence-electron chi connectivity index (χ3n) is 7.50. The molecule has 2 aliphatic rings. The molecule has 2 atom stereocenters. The summed E-state index contributed by atoms with van der Waals surface area (Å²) in [5.41, 5.74) is -2.42. The van der Waals surface area contributed by atoms with Gasteiger partial charge in [0.05, 0.1) is 23.2 Å². The van der Waals surface area contributed by atoms with Gasteiger partial charge < -0.3 is 29.3 Å². The summed E-state index contributed by atoms with van der Waals surface area (Å²) in [6.45, 7) is 4.93. The van der Waals surface area contributed by atoms with Crippen LogP contribution in [0.4, 0.5) is 13.6 Å². The Bertz CT molecular complexity index is 1560. The normalized spacial score (nSPS) is 19.6. The number of fused-ring (bicyclic) bond motifs is 1. The highest BCUT2D eigenvalue weighted by atomic mass is 35.5. The van der Waals surface area contributed by atoms with Gasteiger partial charge in [0.1, 0.15) is 23.8 Å². The van der Waals surface area contributed by atoms with Gasteiger partial charge in [-0.3, -0.25) is 0 Å². The first-order chi connectivity index (χ1) is 20.4. The molecular formula is C31H31ClF2N2O7. The molecule has 1 unspecified atom stereocenters. The fraction of sp³-hybridized carbons (Fsp3) is 0.387. The summed E-state index contributed by atoms with van der Waals surface area (Å²) in [6.07, 6.45) is 1.53. The lowest BCUT2D eigenvalue weighted by Crippen LogP contribution is -2.53. The number of benzene rings is 2. The number of aliphatic hydroxyl groups excluding tert-OH is 1. The lowest BCUT2D eigenvalue weighted by molar-refractivity contribution is -0.0216. The van der Waals surface area contributed by atoms with E-state index in [0.29, 0.717) is 24.9 Å². The first-order valence-corrected chi connectivity index (χ1v) is 14.2. The Morgan fingerprint density at radius 2 is 1.93 bits per heavy atom. The van der Waals surface area contributed by atoms with Gasteiger partial charge in [-0.15, -0.1) is 0 Å². The number of aliphatic hydroxyl groups is 1. The van der Waals surface area contributed by atoms with Gasteiger partial charge in [0.25, 0.3) is 5.88 Å². The molecule has 9 nitrogen and oxygen atoms in total.